The zero-order valence-electron chi connectivity index (χ0n) is 17.7. The van der Waals surface area contributed by atoms with Gasteiger partial charge in [-0.05, 0) is 38.5 Å². The van der Waals surface area contributed by atoms with Crippen molar-refractivity contribution >= 4 is 11.9 Å². The molecule has 0 aromatic heterocycles. The van der Waals surface area contributed by atoms with Crippen LogP contribution in [0.3, 0.4) is 0 Å². The second-order valence-electron chi connectivity index (χ2n) is 7.52. The van der Waals surface area contributed by atoms with Crippen LogP contribution < -0.4 is 0 Å². The number of hydrogen-bond donors (Lipinski definition) is 0. The fraction of sp³-hybridized carbons (Fsp3) is 0.909. The Balaban J connectivity index is 3.55. The van der Waals surface area contributed by atoms with Gasteiger partial charge in [0.25, 0.3) is 0 Å². The molecule has 0 rings (SSSR count). The molecular formula is C22H42O4. The highest BCUT2D eigenvalue weighted by atomic mass is 16.5. The first-order valence-electron chi connectivity index (χ1n) is 10.8. The van der Waals surface area contributed by atoms with Crippen molar-refractivity contribution < 1.29 is 19.1 Å². The molecule has 0 amide bonds. The van der Waals surface area contributed by atoms with Gasteiger partial charge in [-0.1, -0.05) is 65.2 Å². The summed E-state index contributed by atoms with van der Waals surface area (Å²) in [5, 5.41) is 0. The summed E-state index contributed by atoms with van der Waals surface area (Å²) in [7, 11) is 0. The fourth-order valence-corrected chi connectivity index (χ4v) is 3.32. The van der Waals surface area contributed by atoms with Gasteiger partial charge in [0.15, 0.2) is 0 Å². The molecule has 1 unspecified atom stereocenters. The predicted molar refractivity (Wildman–Crippen MR) is 107 cm³/mol. The van der Waals surface area contributed by atoms with Crippen LogP contribution in [0.5, 0.6) is 0 Å². The van der Waals surface area contributed by atoms with Crippen molar-refractivity contribution in [3.05, 3.63) is 0 Å². The van der Waals surface area contributed by atoms with Crippen LogP contribution in [-0.4, -0.2) is 25.2 Å². The summed E-state index contributed by atoms with van der Waals surface area (Å²) in [5.41, 5.74) is 0. The molecule has 0 fully saturated rings. The normalized spacial score (nSPS) is 12.2. The molecule has 1 atom stereocenters. The first-order chi connectivity index (χ1) is 12.5. The lowest BCUT2D eigenvalue weighted by molar-refractivity contribution is -0.144. The van der Waals surface area contributed by atoms with Crippen molar-refractivity contribution in [3.8, 4) is 0 Å². The van der Waals surface area contributed by atoms with Crippen LogP contribution in [0.2, 0.25) is 0 Å². The third-order valence-corrected chi connectivity index (χ3v) is 4.98. The van der Waals surface area contributed by atoms with E-state index in [2.05, 4.69) is 13.8 Å². The van der Waals surface area contributed by atoms with E-state index >= 15 is 0 Å². The van der Waals surface area contributed by atoms with Gasteiger partial charge in [-0.15, -0.1) is 0 Å². The Morgan fingerprint density at radius 1 is 0.654 bits per heavy atom. The monoisotopic (exact) mass is 370 g/mol. The van der Waals surface area contributed by atoms with Gasteiger partial charge in [-0.3, -0.25) is 9.59 Å². The number of rotatable bonds is 17. The SMILES string of the molecule is CCOC(=O)CCCCCCCCCCC(CCC(=O)OCC)C(C)C. The van der Waals surface area contributed by atoms with Crippen molar-refractivity contribution in [1.82, 2.24) is 0 Å². The molecule has 0 aliphatic rings. The summed E-state index contributed by atoms with van der Waals surface area (Å²) in [5.74, 6) is 1.14. The molecule has 0 saturated heterocycles. The molecule has 0 aromatic rings. The van der Waals surface area contributed by atoms with Crippen LogP contribution in [-0.2, 0) is 19.1 Å². The summed E-state index contributed by atoms with van der Waals surface area (Å²) < 4.78 is 9.96. The molecular weight excluding hydrogens is 328 g/mol. The van der Waals surface area contributed by atoms with E-state index in [1.807, 2.05) is 13.8 Å². The van der Waals surface area contributed by atoms with E-state index in [9.17, 15) is 9.59 Å². The van der Waals surface area contributed by atoms with Crippen molar-refractivity contribution in [1.29, 1.82) is 0 Å². The highest BCUT2D eigenvalue weighted by Gasteiger charge is 2.15. The number of hydrogen-bond acceptors (Lipinski definition) is 4. The molecule has 26 heavy (non-hydrogen) atoms. The van der Waals surface area contributed by atoms with Gasteiger partial charge in [0, 0.05) is 12.8 Å². The van der Waals surface area contributed by atoms with E-state index in [4.69, 9.17) is 9.47 Å². The van der Waals surface area contributed by atoms with Crippen LogP contribution >= 0.6 is 0 Å². The second kappa shape index (κ2) is 17.4. The van der Waals surface area contributed by atoms with Crippen molar-refractivity contribution in [2.45, 2.75) is 105 Å². The lowest BCUT2D eigenvalue weighted by Crippen LogP contribution is -2.12. The zero-order valence-corrected chi connectivity index (χ0v) is 17.7. The van der Waals surface area contributed by atoms with Gasteiger partial charge in [0.1, 0.15) is 0 Å². The van der Waals surface area contributed by atoms with Gasteiger partial charge >= 0.3 is 11.9 Å². The molecule has 0 spiro atoms. The third-order valence-electron chi connectivity index (χ3n) is 4.98. The Hall–Kier alpha value is -1.06. The molecule has 0 aliphatic carbocycles. The van der Waals surface area contributed by atoms with Gasteiger partial charge < -0.3 is 9.47 Å². The largest absolute Gasteiger partial charge is 0.466 e. The van der Waals surface area contributed by atoms with Crippen LogP contribution in [0, 0.1) is 11.8 Å². The van der Waals surface area contributed by atoms with Gasteiger partial charge in [-0.25, -0.2) is 0 Å². The number of esters is 2. The predicted octanol–water partition coefficient (Wildman–Crippen LogP) is 6.07. The summed E-state index contributed by atoms with van der Waals surface area (Å²) in [6, 6.07) is 0. The summed E-state index contributed by atoms with van der Waals surface area (Å²) in [6.07, 6.45) is 13.0. The molecule has 0 heterocycles. The van der Waals surface area contributed by atoms with Gasteiger partial charge in [-0.2, -0.15) is 0 Å². The van der Waals surface area contributed by atoms with Crippen LogP contribution in [0.25, 0.3) is 0 Å². The smallest absolute Gasteiger partial charge is 0.305 e. The Bertz CT molecular complexity index is 352. The number of unbranched alkanes of at least 4 members (excludes halogenated alkanes) is 7. The Labute approximate surface area is 161 Å². The number of ether oxygens (including phenoxy) is 2. The van der Waals surface area contributed by atoms with Crippen molar-refractivity contribution in [2.24, 2.45) is 11.8 Å². The molecule has 0 aromatic carbocycles. The van der Waals surface area contributed by atoms with E-state index in [-0.39, 0.29) is 11.9 Å². The lowest BCUT2D eigenvalue weighted by atomic mass is 9.86. The average molecular weight is 371 g/mol. The summed E-state index contributed by atoms with van der Waals surface area (Å²) >= 11 is 0. The van der Waals surface area contributed by atoms with E-state index < -0.39 is 0 Å². The quantitative estimate of drug-likeness (QED) is 0.230. The first-order valence-corrected chi connectivity index (χ1v) is 10.8. The lowest BCUT2D eigenvalue weighted by Gasteiger charge is -2.20. The molecule has 0 aliphatic heterocycles. The minimum absolute atomic E-state index is 0.0545. The maximum absolute atomic E-state index is 11.5. The molecule has 0 saturated carbocycles. The highest BCUT2D eigenvalue weighted by Crippen LogP contribution is 2.24. The topological polar surface area (TPSA) is 52.6 Å². The maximum Gasteiger partial charge on any atom is 0.305 e. The summed E-state index contributed by atoms with van der Waals surface area (Å²) in [6.45, 7) is 9.19. The molecule has 154 valence electrons. The van der Waals surface area contributed by atoms with Crippen LogP contribution in [0.1, 0.15) is 105 Å². The highest BCUT2D eigenvalue weighted by molar-refractivity contribution is 5.69. The van der Waals surface area contributed by atoms with E-state index in [0.29, 0.717) is 37.9 Å². The minimum atomic E-state index is -0.0600. The molecule has 0 radical (unpaired) electrons. The van der Waals surface area contributed by atoms with Crippen molar-refractivity contribution in [3.63, 3.8) is 0 Å². The fourth-order valence-electron chi connectivity index (χ4n) is 3.32. The van der Waals surface area contributed by atoms with E-state index in [1.54, 1.807) is 0 Å². The molecule has 0 N–H and O–H groups in total. The maximum atomic E-state index is 11.5. The van der Waals surface area contributed by atoms with Gasteiger partial charge in [0.05, 0.1) is 13.2 Å². The molecule has 4 nitrogen and oxygen atoms in total. The minimum Gasteiger partial charge on any atom is -0.466 e. The van der Waals surface area contributed by atoms with Gasteiger partial charge in [0.2, 0.25) is 0 Å². The van der Waals surface area contributed by atoms with E-state index in [0.717, 1.165) is 19.3 Å². The third kappa shape index (κ3) is 15.2. The standard InChI is InChI=1S/C22H42O4/c1-5-25-21(23)16-14-12-10-8-7-9-11-13-15-20(19(3)4)17-18-22(24)26-6-2/h19-20H,5-18H2,1-4H3. The molecule has 4 heteroatoms. The Morgan fingerprint density at radius 2 is 1.12 bits per heavy atom. The second-order valence-corrected chi connectivity index (χ2v) is 7.52. The first kappa shape index (κ1) is 24.9. The summed E-state index contributed by atoms with van der Waals surface area (Å²) in [4.78, 5) is 22.7. The average Bonchev–Trinajstić information content (AvgIpc) is 2.59. The van der Waals surface area contributed by atoms with E-state index in [1.165, 1.54) is 44.9 Å². The number of carbonyl (C=O) groups excluding carboxylic acids is 2. The van der Waals surface area contributed by atoms with Crippen LogP contribution in [0.4, 0.5) is 0 Å². The molecule has 0 bridgehead atoms. The number of carbonyl (C=O) groups is 2. The Morgan fingerprint density at radius 3 is 1.62 bits per heavy atom. The van der Waals surface area contributed by atoms with Crippen LogP contribution in [0.15, 0.2) is 0 Å². The van der Waals surface area contributed by atoms with Crippen molar-refractivity contribution in [2.75, 3.05) is 13.2 Å². The zero-order chi connectivity index (χ0) is 19.6. The Kier molecular flexibility index (Phi) is 16.7.